The van der Waals surface area contributed by atoms with Crippen LogP contribution >= 0.6 is 0 Å². The molecule has 0 unspecified atom stereocenters. The summed E-state index contributed by atoms with van der Waals surface area (Å²) < 4.78 is 41.9. The molecule has 0 aliphatic rings. The maximum Gasteiger partial charge on any atom is 1.00 e. The number of hydrogen-bond donors (Lipinski definition) is 0. The largest absolute Gasteiger partial charge is 1.00 e. The Morgan fingerprint density at radius 3 is 2.24 bits per heavy atom. The molecule has 0 bridgehead atoms. The molecule has 25 heavy (non-hydrogen) atoms. The fourth-order valence-corrected chi connectivity index (χ4v) is 2.77. The second-order valence-electron chi connectivity index (χ2n) is 6.59. The summed E-state index contributed by atoms with van der Waals surface area (Å²) >= 11 is 0. The molecular formula is C18H29KO5S. The van der Waals surface area contributed by atoms with Crippen molar-refractivity contribution in [1.82, 2.24) is 0 Å². The van der Waals surface area contributed by atoms with Gasteiger partial charge in [-0.3, -0.25) is 0 Å². The molecule has 0 fully saturated rings. The second kappa shape index (κ2) is 12.8. The summed E-state index contributed by atoms with van der Waals surface area (Å²) in [6, 6.07) is 8.07. The van der Waals surface area contributed by atoms with Crippen LogP contribution in [0.25, 0.3) is 0 Å². The van der Waals surface area contributed by atoms with Crippen molar-refractivity contribution in [1.29, 1.82) is 0 Å². The topological polar surface area (TPSA) is 75.7 Å². The average molecular weight is 397 g/mol. The molecule has 0 aliphatic carbocycles. The molecule has 7 heteroatoms. The minimum atomic E-state index is -4.21. The fraction of sp³-hybridized carbons (Fsp3) is 0.667. The van der Waals surface area contributed by atoms with Crippen LogP contribution in [0.4, 0.5) is 0 Å². The van der Waals surface area contributed by atoms with Crippen LogP contribution < -0.4 is 56.1 Å². The van der Waals surface area contributed by atoms with Crippen LogP contribution in [0.5, 0.6) is 5.75 Å². The van der Waals surface area contributed by atoms with Crippen LogP contribution in [0.2, 0.25) is 0 Å². The molecule has 138 valence electrons. The Labute approximate surface area is 195 Å². The van der Waals surface area contributed by atoms with Gasteiger partial charge < -0.3 is 14.0 Å². The molecule has 1 rings (SSSR count). The minimum absolute atomic E-state index is 0. The maximum absolute atomic E-state index is 10.4. The molecule has 0 amide bonds. The van der Waals surface area contributed by atoms with Crippen molar-refractivity contribution in [3.8, 4) is 5.75 Å². The first-order valence-corrected chi connectivity index (χ1v) is 10.1. The van der Waals surface area contributed by atoms with Gasteiger partial charge in [0.2, 0.25) is 0 Å². The first-order chi connectivity index (χ1) is 11.2. The zero-order valence-corrected chi connectivity index (χ0v) is 19.9. The van der Waals surface area contributed by atoms with E-state index < -0.39 is 15.9 Å². The van der Waals surface area contributed by atoms with Crippen LogP contribution in [0.15, 0.2) is 24.3 Å². The molecule has 0 spiro atoms. The van der Waals surface area contributed by atoms with Crippen LogP contribution in [0, 0.1) is 0 Å². The maximum atomic E-state index is 10.4. The van der Waals surface area contributed by atoms with E-state index in [-0.39, 0.29) is 70.0 Å². The van der Waals surface area contributed by atoms with Crippen LogP contribution in [0.1, 0.15) is 52.0 Å². The Balaban J connectivity index is 0.00000576. The average Bonchev–Trinajstić information content (AvgIpc) is 2.50. The van der Waals surface area contributed by atoms with E-state index in [1.54, 1.807) is 0 Å². The molecule has 0 radical (unpaired) electrons. The van der Waals surface area contributed by atoms with E-state index in [1.807, 2.05) is 12.1 Å². The molecule has 0 aromatic heterocycles. The van der Waals surface area contributed by atoms with Gasteiger partial charge in [-0.2, -0.15) is 0 Å². The Morgan fingerprint density at radius 2 is 1.68 bits per heavy atom. The smallest absolute Gasteiger partial charge is 0.748 e. The van der Waals surface area contributed by atoms with Crippen molar-refractivity contribution in [3.05, 3.63) is 29.8 Å². The zero-order chi connectivity index (χ0) is 18.1. The van der Waals surface area contributed by atoms with E-state index in [2.05, 4.69) is 32.9 Å². The Morgan fingerprint density at radius 1 is 1.04 bits per heavy atom. The summed E-state index contributed by atoms with van der Waals surface area (Å²) in [5.41, 5.74) is 1.45. The van der Waals surface area contributed by atoms with Crippen molar-refractivity contribution in [3.63, 3.8) is 0 Å². The summed E-state index contributed by atoms with van der Waals surface area (Å²) in [5.74, 6) is 0.248. The van der Waals surface area contributed by atoms with Gasteiger partial charge in [0.1, 0.15) is 12.4 Å². The van der Waals surface area contributed by atoms with Gasteiger partial charge in [-0.15, -0.1) is 0 Å². The Kier molecular flexibility index (Phi) is 13.1. The van der Waals surface area contributed by atoms with Crippen LogP contribution in [-0.2, 0) is 20.3 Å². The molecule has 0 N–H and O–H groups in total. The van der Waals surface area contributed by atoms with E-state index in [4.69, 9.17) is 9.47 Å². The first-order valence-electron chi connectivity index (χ1n) is 8.49. The number of rotatable bonds is 12. The van der Waals surface area contributed by atoms with Gasteiger partial charge >= 0.3 is 51.4 Å². The molecule has 0 saturated heterocycles. The van der Waals surface area contributed by atoms with Gasteiger partial charge in [0, 0.05) is 0 Å². The van der Waals surface area contributed by atoms with Gasteiger partial charge in [0.15, 0.2) is 0 Å². The van der Waals surface area contributed by atoms with E-state index in [9.17, 15) is 13.0 Å². The molecular weight excluding hydrogens is 367 g/mol. The molecule has 0 atom stereocenters. The number of hydrogen-bond acceptors (Lipinski definition) is 5. The molecule has 1 aromatic carbocycles. The van der Waals surface area contributed by atoms with Gasteiger partial charge in [-0.25, -0.2) is 8.42 Å². The normalized spacial score (nSPS) is 11.8. The quantitative estimate of drug-likeness (QED) is 0.292. The number of ether oxygens (including phenoxy) is 2. The van der Waals surface area contributed by atoms with E-state index in [0.29, 0.717) is 6.61 Å². The predicted octanol–water partition coefficient (Wildman–Crippen LogP) is 0.489. The van der Waals surface area contributed by atoms with Crippen LogP contribution in [-0.4, -0.2) is 38.5 Å². The van der Waals surface area contributed by atoms with Crippen molar-refractivity contribution < 1.29 is 73.8 Å². The Hall–Kier alpha value is 0.526. The number of benzene rings is 1. The summed E-state index contributed by atoms with van der Waals surface area (Å²) in [6.07, 6.45) is 4.89. The SMILES string of the molecule is CCCCCC(C)(C)c1ccc(OCCOCCS(=O)(=O)[O-])cc1.[K+]. The van der Waals surface area contributed by atoms with Gasteiger partial charge in [-0.1, -0.05) is 52.2 Å². The molecule has 0 saturated carbocycles. The second-order valence-corrected chi connectivity index (χ2v) is 8.11. The van der Waals surface area contributed by atoms with Crippen molar-refractivity contribution in [2.45, 2.75) is 51.9 Å². The van der Waals surface area contributed by atoms with E-state index in [0.717, 1.165) is 12.2 Å². The third-order valence-corrected chi connectivity index (χ3v) is 4.68. The molecule has 5 nitrogen and oxygen atoms in total. The first kappa shape index (κ1) is 25.5. The van der Waals surface area contributed by atoms with Gasteiger partial charge in [0.05, 0.1) is 29.1 Å². The number of unbranched alkanes of at least 4 members (excludes halogenated alkanes) is 2. The van der Waals surface area contributed by atoms with Gasteiger partial charge in [0.25, 0.3) is 0 Å². The van der Waals surface area contributed by atoms with E-state index in [1.165, 1.54) is 24.8 Å². The van der Waals surface area contributed by atoms with Crippen LogP contribution in [0.3, 0.4) is 0 Å². The fourth-order valence-electron chi connectivity index (χ4n) is 2.45. The third-order valence-electron chi connectivity index (χ3n) is 4.02. The van der Waals surface area contributed by atoms with Crippen molar-refractivity contribution >= 4 is 10.1 Å². The molecule has 1 aromatic rings. The standard InChI is InChI=1S/C18H30O5S.K/c1-4-5-6-11-18(2,3)16-7-9-17(10-8-16)23-13-12-22-14-15-24(19,20)21;/h7-10H,4-6,11-15H2,1-3H3,(H,19,20,21);/q;+1/p-1. The Bertz CT molecular complexity index is 570. The molecule has 0 aliphatic heterocycles. The monoisotopic (exact) mass is 396 g/mol. The summed E-state index contributed by atoms with van der Waals surface area (Å²) in [5, 5.41) is 0. The summed E-state index contributed by atoms with van der Waals surface area (Å²) in [4.78, 5) is 0. The molecule has 0 heterocycles. The minimum Gasteiger partial charge on any atom is -0.748 e. The zero-order valence-electron chi connectivity index (χ0n) is 15.9. The van der Waals surface area contributed by atoms with Gasteiger partial charge in [-0.05, 0) is 29.5 Å². The summed E-state index contributed by atoms with van der Waals surface area (Å²) in [7, 11) is -4.21. The predicted molar refractivity (Wildman–Crippen MR) is 94.5 cm³/mol. The summed E-state index contributed by atoms with van der Waals surface area (Å²) in [6.45, 7) is 7.20. The van der Waals surface area contributed by atoms with E-state index >= 15 is 0 Å². The van der Waals surface area contributed by atoms with Crippen molar-refractivity contribution in [2.24, 2.45) is 0 Å². The third kappa shape index (κ3) is 11.8. The van der Waals surface area contributed by atoms with Crippen molar-refractivity contribution in [2.75, 3.05) is 25.6 Å².